The Morgan fingerprint density at radius 3 is 2.43 bits per heavy atom. The second kappa shape index (κ2) is 7.39. The summed E-state index contributed by atoms with van der Waals surface area (Å²) in [4.78, 5) is 23.2. The van der Waals surface area contributed by atoms with Crippen LogP contribution in [0.3, 0.4) is 0 Å². The van der Waals surface area contributed by atoms with Crippen molar-refractivity contribution in [2.24, 2.45) is 0 Å². The van der Waals surface area contributed by atoms with E-state index in [9.17, 15) is 14.7 Å². The van der Waals surface area contributed by atoms with Crippen LogP contribution in [0, 0.1) is 0 Å². The zero-order chi connectivity index (χ0) is 17.0. The Morgan fingerprint density at radius 1 is 1.26 bits per heavy atom. The van der Waals surface area contributed by atoms with Crippen LogP contribution in [0.5, 0.6) is 0 Å². The van der Waals surface area contributed by atoms with Crippen LogP contribution in [0.15, 0.2) is 29.6 Å². The average Bonchev–Trinajstić information content (AvgIpc) is 2.91. The summed E-state index contributed by atoms with van der Waals surface area (Å²) in [5.41, 5.74) is 2.71. The molecular formula is C17H19NO4S. The van der Waals surface area contributed by atoms with Crippen LogP contribution in [0.4, 0.5) is 5.00 Å². The van der Waals surface area contributed by atoms with Crippen molar-refractivity contribution in [1.82, 2.24) is 0 Å². The van der Waals surface area contributed by atoms with Crippen LogP contribution in [-0.2, 0) is 9.53 Å². The standard InChI is InChI=1S/C17H19NO4S/c1-10(2)11-4-6-12(7-5-11)13-9-23-16(15(13)17(20)21)18-14(19)8-22-3/h4-7,9-10H,8H2,1-3H3,(H,18,19)(H,20,21). The van der Waals surface area contributed by atoms with Crippen molar-refractivity contribution in [3.63, 3.8) is 0 Å². The number of benzene rings is 1. The number of carbonyl (C=O) groups is 2. The molecule has 2 rings (SSSR count). The smallest absolute Gasteiger partial charge is 0.339 e. The molecule has 5 nitrogen and oxygen atoms in total. The highest BCUT2D eigenvalue weighted by atomic mass is 32.1. The largest absolute Gasteiger partial charge is 0.478 e. The van der Waals surface area contributed by atoms with E-state index in [1.165, 1.54) is 24.0 Å². The number of hydrogen-bond donors (Lipinski definition) is 2. The number of carboxylic acids is 1. The normalized spacial score (nSPS) is 10.8. The minimum atomic E-state index is -1.07. The summed E-state index contributed by atoms with van der Waals surface area (Å²) in [7, 11) is 1.41. The van der Waals surface area contributed by atoms with Gasteiger partial charge in [-0.25, -0.2) is 4.79 Å². The van der Waals surface area contributed by atoms with Crippen LogP contribution < -0.4 is 5.32 Å². The summed E-state index contributed by atoms with van der Waals surface area (Å²) in [6.07, 6.45) is 0. The van der Waals surface area contributed by atoms with Crippen LogP contribution in [-0.4, -0.2) is 30.7 Å². The lowest BCUT2D eigenvalue weighted by atomic mass is 9.98. The first-order chi connectivity index (χ1) is 10.9. The van der Waals surface area contributed by atoms with Crippen molar-refractivity contribution in [2.75, 3.05) is 19.0 Å². The molecule has 0 atom stereocenters. The molecular weight excluding hydrogens is 314 g/mol. The molecule has 0 aliphatic heterocycles. The highest BCUT2D eigenvalue weighted by Gasteiger charge is 2.21. The Labute approximate surface area is 138 Å². The maximum Gasteiger partial charge on any atom is 0.339 e. The molecule has 2 aromatic rings. The van der Waals surface area contributed by atoms with Gasteiger partial charge in [0, 0.05) is 18.1 Å². The van der Waals surface area contributed by atoms with Crippen LogP contribution in [0.2, 0.25) is 0 Å². The second-order valence-electron chi connectivity index (χ2n) is 5.42. The zero-order valence-electron chi connectivity index (χ0n) is 13.3. The summed E-state index contributed by atoms with van der Waals surface area (Å²) in [6.45, 7) is 4.09. The van der Waals surface area contributed by atoms with Gasteiger partial charge in [0.25, 0.3) is 5.91 Å². The highest BCUT2D eigenvalue weighted by molar-refractivity contribution is 7.15. The third kappa shape index (κ3) is 3.97. The molecule has 1 aromatic heterocycles. The van der Waals surface area contributed by atoms with E-state index in [1.807, 2.05) is 24.3 Å². The molecule has 1 aromatic carbocycles. The molecule has 0 radical (unpaired) electrons. The van der Waals surface area contributed by atoms with E-state index in [0.29, 0.717) is 16.5 Å². The molecule has 6 heteroatoms. The fourth-order valence-corrected chi connectivity index (χ4v) is 3.19. The van der Waals surface area contributed by atoms with Gasteiger partial charge in [0.05, 0.1) is 0 Å². The maximum atomic E-state index is 11.6. The minimum absolute atomic E-state index is 0.108. The topological polar surface area (TPSA) is 75.6 Å². The number of nitrogens with one attached hydrogen (secondary N) is 1. The van der Waals surface area contributed by atoms with Crippen molar-refractivity contribution >= 4 is 28.2 Å². The van der Waals surface area contributed by atoms with Crippen LogP contribution in [0.1, 0.15) is 35.7 Å². The number of thiophene rings is 1. The van der Waals surface area contributed by atoms with Crippen LogP contribution in [0.25, 0.3) is 11.1 Å². The van der Waals surface area contributed by atoms with Gasteiger partial charge in [-0.1, -0.05) is 38.1 Å². The number of carbonyl (C=O) groups excluding carboxylic acids is 1. The maximum absolute atomic E-state index is 11.6. The van der Waals surface area contributed by atoms with Crippen molar-refractivity contribution < 1.29 is 19.4 Å². The van der Waals surface area contributed by atoms with Gasteiger partial charge in [-0.2, -0.15) is 0 Å². The van der Waals surface area contributed by atoms with E-state index in [2.05, 4.69) is 19.2 Å². The summed E-state index contributed by atoms with van der Waals surface area (Å²) in [5.74, 6) is -1.03. The van der Waals surface area contributed by atoms with Crippen LogP contribution >= 0.6 is 11.3 Å². The summed E-state index contributed by atoms with van der Waals surface area (Å²) < 4.78 is 4.75. The van der Waals surface area contributed by atoms with E-state index in [1.54, 1.807) is 5.38 Å². The second-order valence-corrected chi connectivity index (χ2v) is 6.30. The predicted octanol–water partition coefficient (Wildman–Crippen LogP) is 3.82. The van der Waals surface area contributed by atoms with Gasteiger partial charge in [0.15, 0.2) is 0 Å². The molecule has 0 aliphatic rings. The van der Waals surface area contributed by atoms with Crippen molar-refractivity contribution in [1.29, 1.82) is 0 Å². The number of rotatable bonds is 6. The monoisotopic (exact) mass is 333 g/mol. The Morgan fingerprint density at radius 2 is 1.91 bits per heavy atom. The van der Waals surface area contributed by atoms with Gasteiger partial charge in [0.1, 0.15) is 17.2 Å². The van der Waals surface area contributed by atoms with E-state index < -0.39 is 5.97 Å². The van der Waals surface area contributed by atoms with Gasteiger partial charge in [0.2, 0.25) is 0 Å². The minimum Gasteiger partial charge on any atom is -0.478 e. The van der Waals surface area contributed by atoms with Crippen molar-refractivity contribution in [3.8, 4) is 11.1 Å². The number of methoxy groups -OCH3 is 1. The Bertz CT molecular complexity index is 704. The number of anilines is 1. The van der Waals surface area contributed by atoms with Gasteiger partial charge >= 0.3 is 5.97 Å². The van der Waals surface area contributed by atoms with Gasteiger partial charge in [-0.15, -0.1) is 11.3 Å². The van der Waals surface area contributed by atoms with Gasteiger partial charge in [-0.3, -0.25) is 4.79 Å². The molecule has 0 unspecified atom stereocenters. The molecule has 0 fully saturated rings. The zero-order valence-corrected chi connectivity index (χ0v) is 14.1. The first kappa shape index (κ1) is 17.2. The number of amides is 1. The fraction of sp³-hybridized carbons (Fsp3) is 0.294. The highest BCUT2D eigenvalue weighted by Crippen LogP contribution is 2.36. The van der Waals surface area contributed by atoms with E-state index in [4.69, 9.17) is 4.74 Å². The summed E-state index contributed by atoms with van der Waals surface area (Å²) in [5, 5.41) is 14.2. The fourth-order valence-electron chi connectivity index (χ4n) is 2.22. The molecule has 0 spiro atoms. The summed E-state index contributed by atoms with van der Waals surface area (Å²) >= 11 is 1.20. The summed E-state index contributed by atoms with van der Waals surface area (Å²) in [6, 6.07) is 7.80. The van der Waals surface area contributed by atoms with E-state index in [-0.39, 0.29) is 18.1 Å². The third-order valence-corrected chi connectivity index (χ3v) is 4.32. The molecule has 0 saturated heterocycles. The van der Waals surface area contributed by atoms with Crippen molar-refractivity contribution in [3.05, 3.63) is 40.8 Å². The SMILES string of the molecule is COCC(=O)Nc1scc(-c2ccc(C(C)C)cc2)c1C(=O)O. The number of hydrogen-bond acceptors (Lipinski definition) is 4. The molecule has 1 amide bonds. The Hall–Kier alpha value is -2.18. The molecule has 0 bridgehead atoms. The number of carboxylic acid groups (broad SMARTS) is 1. The molecule has 122 valence electrons. The number of aromatic carboxylic acids is 1. The first-order valence-electron chi connectivity index (χ1n) is 7.18. The van der Waals surface area contributed by atoms with Crippen molar-refractivity contribution in [2.45, 2.75) is 19.8 Å². The molecule has 0 aliphatic carbocycles. The lowest BCUT2D eigenvalue weighted by molar-refractivity contribution is -0.119. The lowest BCUT2D eigenvalue weighted by Gasteiger charge is -2.08. The van der Waals surface area contributed by atoms with Gasteiger partial charge in [-0.05, 0) is 17.0 Å². The molecule has 1 heterocycles. The quantitative estimate of drug-likeness (QED) is 0.842. The molecule has 0 saturated carbocycles. The Kier molecular flexibility index (Phi) is 5.52. The van der Waals surface area contributed by atoms with Gasteiger partial charge < -0.3 is 15.2 Å². The van der Waals surface area contributed by atoms with E-state index >= 15 is 0 Å². The molecule has 2 N–H and O–H groups in total. The van der Waals surface area contributed by atoms with E-state index in [0.717, 1.165) is 5.56 Å². The Balaban J connectivity index is 2.37. The first-order valence-corrected chi connectivity index (χ1v) is 8.06. The average molecular weight is 333 g/mol. The number of ether oxygens (including phenoxy) is 1. The molecule has 23 heavy (non-hydrogen) atoms. The third-order valence-electron chi connectivity index (χ3n) is 3.42. The lowest BCUT2D eigenvalue weighted by Crippen LogP contribution is -2.18. The predicted molar refractivity (Wildman–Crippen MR) is 91.3 cm³/mol.